The van der Waals surface area contributed by atoms with Crippen LogP contribution in [0.15, 0.2) is 5.10 Å². The molecular weight excluding hydrogens is 190 g/mol. The minimum absolute atomic E-state index is 0.0109. The van der Waals surface area contributed by atoms with Gasteiger partial charge < -0.3 is 10.4 Å². The quantitative estimate of drug-likeness (QED) is 0.560. The van der Waals surface area contributed by atoms with Gasteiger partial charge in [0.1, 0.15) is 5.37 Å². The molecule has 2 rings (SSSR count). The third-order valence-electron chi connectivity index (χ3n) is 1.91. The van der Waals surface area contributed by atoms with E-state index in [0.717, 1.165) is 12.8 Å². The molecule has 2 aliphatic rings. The lowest BCUT2D eigenvalue weighted by molar-refractivity contribution is -0.120. The van der Waals surface area contributed by atoms with Crippen molar-refractivity contribution in [1.29, 1.82) is 0 Å². The van der Waals surface area contributed by atoms with Gasteiger partial charge in [0.25, 0.3) is 0 Å². The topological polar surface area (TPSA) is 73.7 Å². The Hall–Kier alpha value is -0.750. The van der Waals surface area contributed by atoms with E-state index in [2.05, 4.69) is 15.8 Å². The molecule has 1 saturated carbocycles. The summed E-state index contributed by atoms with van der Waals surface area (Å²) in [5.41, 5.74) is 2.71. The van der Waals surface area contributed by atoms with Gasteiger partial charge in [-0.15, -0.1) is 0 Å². The van der Waals surface area contributed by atoms with Crippen molar-refractivity contribution in [2.45, 2.75) is 18.2 Å². The summed E-state index contributed by atoms with van der Waals surface area (Å²) in [5.74, 6) is 0.239. The molecule has 1 aliphatic heterocycles. The van der Waals surface area contributed by atoms with Gasteiger partial charge in [0, 0.05) is 5.92 Å². The molecular formula is C7H11N3O2S. The van der Waals surface area contributed by atoms with Gasteiger partial charge in [0.2, 0.25) is 5.91 Å². The molecule has 0 saturated heterocycles. The van der Waals surface area contributed by atoms with E-state index in [1.165, 1.54) is 11.8 Å². The van der Waals surface area contributed by atoms with Crippen molar-refractivity contribution in [3.8, 4) is 0 Å². The summed E-state index contributed by atoms with van der Waals surface area (Å²) in [5, 5.41) is 15.8. The molecule has 1 amide bonds. The van der Waals surface area contributed by atoms with E-state index in [1.807, 2.05) is 0 Å². The van der Waals surface area contributed by atoms with Gasteiger partial charge in [0.05, 0.1) is 6.61 Å². The van der Waals surface area contributed by atoms with E-state index in [-0.39, 0.29) is 23.8 Å². The number of carbonyl (C=O) groups excluding carboxylic acids is 1. The van der Waals surface area contributed by atoms with Gasteiger partial charge >= 0.3 is 0 Å². The molecule has 13 heavy (non-hydrogen) atoms. The van der Waals surface area contributed by atoms with Crippen LogP contribution in [0.5, 0.6) is 0 Å². The molecule has 5 nitrogen and oxygen atoms in total. The Bertz CT molecular complexity index is 252. The Morgan fingerprint density at radius 3 is 3.08 bits per heavy atom. The summed E-state index contributed by atoms with van der Waals surface area (Å²) in [6.45, 7) is 0.0109. The number of nitrogens with one attached hydrogen (secondary N) is 2. The summed E-state index contributed by atoms with van der Waals surface area (Å²) in [6, 6.07) is 0. The lowest BCUT2D eigenvalue weighted by Gasteiger charge is -2.03. The normalized spacial score (nSPS) is 26.5. The largest absolute Gasteiger partial charge is 0.393 e. The van der Waals surface area contributed by atoms with Crippen LogP contribution >= 0.6 is 11.8 Å². The highest BCUT2D eigenvalue weighted by molar-refractivity contribution is 8.14. The molecule has 0 aromatic carbocycles. The first kappa shape index (κ1) is 8.83. The Balaban J connectivity index is 1.79. The van der Waals surface area contributed by atoms with Crippen molar-refractivity contribution in [2.75, 3.05) is 6.61 Å². The molecule has 1 unspecified atom stereocenters. The maximum Gasteiger partial charge on any atom is 0.229 e. The Labute approximate surface area is 80.0 Å². The zero-order chi connectivity index (χ0) is 9.26. The number of hydrogen-bond donors (Lipinski definition) is 3. The fourth-order valence-electron chi connectivity index (χ4n) is 1.01. The third-order valence-corrected chi connectivity index (χ3v) is 2.86. The maximum atomic E-state index is 11.3. The lowest BCUT2D eigenvalue weighted by Crippen LogP contribution is -2.29. The predicted octanol–water partition coefficient (Wildman–Crippen LogP) is -0.562. The van der Waals surface area contributed by atoms with Crippen molar-refractivity contribution in [3.63, 3.8) is 0 Å². The first-order valence-corrected chi connectivity index (χ1v) is 5.09. The van der Waals surface area contributed by atoms with Gasteiger partial charge in [-0.25, -0.2) is 0 Å². The molecule has 1 aliphatic carbocycles. The number of aliphatic hydroxyl groups excluding tert-OH is 1. The average molecular weight is 201 g/mol. The minimum atomic E-state index is -0.116. The fraction of sp³-hybridized carbons (Fsp3) is 0.714. The van der Waals surface area contributed by atoms with Crippen LogP contribution in [-0.4, -0.2) is 28.2 Å². The van der Waals surface area contributed by atoms with Crippen LogP contribution in [-0.2, 0) is 4.79 Å². The van der Waals surface area contributed by atoms with Gasteiger partial charge in [-0.2, -0.15) is 5.10 Å². The Morgan fingerprint density at radius 2 is 2.54 bits per heavy atom. The van der Waals surface area contributed by atoms with Gasteiger partial charge in [-0.1, -0.05) is 11.8 Å². The second kappa shape index (κ2) is 3.55. The Morgan fingerprint density at radius 1 is 1.77 bits per heavy atom. The van der Waals surface area contributed by atoms with Crippen LogP contribution in [0.3, 0.4) is 0 Å². The van der Waals surface area contributed by atoms with Gasteiger partial charge in [-0.05, 0) is 12.8 Å². The number of nitrogens with zero attached hydrogens (tertiary/aromatic N) is 1. The van der Waals surface area contributed by atoms with Crippen LogP contribution < -0.4 is 10.7 Å². The number of amides is 1. The van der Waals surface area contributed by atoms with Crippen molar-refractivity contribution in [2.24, 2.45) is 11.0 Å². The van der Waals surface area contributed by atoms with Crippen molar-refractivity contribution in [3.05, 3.63) is 0 Å². The number of hydrazone groups is 1. The average Bonchev–Trinajstić information content (AvgIpc) is 2.88. The number of hydrogen-bond acceptors (Lipinski definition) is 5. The molecule has 1 fully saturated rings. The molecule has 1 atom stereocenters. The molecule has 0 spiro atoms. The van der Waals surface area contributed by atoms with E-state index in [1.54, 1.807) is 0 Å². The first-order valence-electron chi connectivity index (χ1n) is 4.21. The van der Waals surface area contributed by atoms with E-state index in [9.17, 15) is 4.79 Å². The SMILES string of the molecule is O=C(NC1=NNC(CO)S1)C1CC1. The highest BCUT2D eigenvalue weighted by Gasteiger charge is 2.31. The number of rotatable bonds is 2. The van der Waals surface area contributed by atoms with Crippen LogP contribution in [0.4, 0.5) is 0 Å². The predicted molar refractivity (Wildman–Crippen MR) is 49.9 cm³/mol. The third kappa shape index (κ3) is 2.13. The molecule has 3 N–H and O–H groups in total. The van der Waals surface area contributed by atoms with Crippen molar-refractivity contribution in [1.82, 2.24) is 10.7 Å². The minimum Gasteiger partial charge on any atom is -0.393 e. The van der Waals surface area contributed by atoms with Crippen LogP contribution in [0, 0.1) is 5.92 Å². The summed E-state index contributed by atoms with van der Waals surface area (Å²) in [6.07, 6.45) is 1.97. The second-order valence-electron chi connectivity index (χ2n) is 3.10. The van der Waals surface area contributed by atoms with Crippen LogP contribution in [0.2, 0.25) is 0 Å². The highest BCUT2D eigenvalue weighted by atomic mass is 32.2. The van der Waals surface area contributed by atoms with E-state index in [4.69, 9.17) is 5.11 Å². The van der Waals surface area contributed by atoms with Gasteiger partial charge in [-0.3, -0.25) is 10.2 Å². The monoisotopic (exact) mass is 201 g/mol. The van der Waals surface area contributed by atoms with E-state index in [0.29, 0.717) is 5.17 Å². The number of thioether (sulfide) groups is 1. The zero-order valence-corrected chi connectivity index (χ0v) is 7.80. The number of amidine groups is 1. The smallest absolute Gasteiger partial charge is 0.229 e. The molecule has 0 radical (unpaired) electrons. The molecule has 0 aromatic heterocycles. The molecule has 72 valence electrons. The zero-order valence-electron chi connectivity index (χ0n) is 6.99. The van der Waals surface area contributed by atoms with Crippen LogP contribution in [0.25, 0.3) is 0 Å². The fourth-order valence-corrected chi connectivity index (χ4v) is 1.72. The maximum absolute atomic E-state index is 11.3. The number of carbonyl (C=O) groups is 1. The lowest BCUT2D eigenvalue weighted by atomic mass is 10.4. The van der Waals surface area contributed by atoms with Crippen molar-refractivity contribution >= 4 is 22.8 Å². The molecule has 1 heterocycles. The van der Waals surface area contributed by atoms with E-state index < -0.39 is 0 Å². The standard InChI is InChI=1S/C7H11N3O2S/c11-3-5-9-10-7(13-5)8-6(12)4-1-2-4/h4-5,9,11H,1-3H2,(H,8,10,12). The molecule has 0 aromatic rings. The summed E-state index contributed by atoms with van der Waals surface area (Å²) in [7, 11) is 0. The molecule has 6 heteroatoms. The molecule has 0 bridgehead atoms. The first-order chi connectivity index (χ1) is 6.29. The highest BCUT2D eigenvalue weighted by Crippen LogP contribution is 2.29. The van der Waals surface area contributed by atoms with E-state index >= 15 is 0 Å². The summed E-state index contributed by atoms with van der Waals surface area (Å²) < 4.78 is 0. The summed E-state index contributed by atoms with van der Waals surface area (Å²) in [4.78, 5) is 11.3. The van der Waals surface area contributed by atoms with Crippen LogP contribution in [0.1, 0.15) is 12.8 Å². The second-order valence-corrected chi connectivity index (χ2v) is 4.29. The summed E-state index contributed by atoms with van der Waals surface area (Å²) >= 11 is 1.34. The van der Waals surface area contributed by atoms with Crippen molar-refractivity contribution < 1.29 is 9.90 Å². The Kier molecular flexibility index (Phi) is 2.41. The van der Waals surface area contributed by atoms with Gasteiger partial charge in [0.15, 0.2) is 5.17 Å². The number of aliphatic hydroxyl groups is 1.